The van der Waals surface area contributed by atoms with E-state index in [4.69, 9.17) is 10.2 Å². The number of aliphatic hydroxyl groups excluding tert-OH is 1. The van der Waals surface area contributed by atoms with Crippen LogP contribution in [0.15, 0.2) is 24.3 Å². The van der Waals surface area contributed by atoms with Crippen molar-refractivity contribution in [2.45, 2.75) is 6.92 Å². The van der Waals surface area contributed by atoms with Gasteiger partial charge in [0.1, 0.15) is 0 Å². The molecule has 0 aliphatic carbocycles. The van der Waals surface area contributed by atoms with Crippen LogP contribution < -0.4 is 4.90 Å². The summed E-state index contributed by atoms with van der Waals surface area (Å²) in [4.78, 5) is 23.7. The van der Waals surface area contributed by atoms with Crippen molar-refractivity contribution in [2.75, 3.05) is 18.1 Å². The Balaban J connectivity index is 3.01. The third-order valence-electron chi connectivity index (χ3n) is 2.23. The zero-order valence-corrected chi connectivity index (χ0v) is 9.88. The van der Waals surface area contributed by atoms with E-state index in [2.05, 4.69) is 11.8 Å². The van der Waals surface area contributed by atoms with Crippen LogP contribution in [0, 0.1) is 11.8 Å². The van der Waals surface area contributed by atoms with Gasteiger partial charge in [-0.2, -0.15) is 0 Å². The maximum atomic E-state index is 11.7. The van der Waals surface area contributed by atoms with Crippen LogP contribution in [0.1, 0.15) is 17.3 Å². The molecular weight excluding hydrogens is 234 g/mol. The zero-order chi connectivity index (χ0) is 13.5. The van der Waals surface area contributed by atoms with Gasteiger partial charge in [-0.1, -0.05) is 5.92 Å². The molecule has 1 rings (SSSR count). The first kappa shape index (κ1) is 13.7. The minimum absolute atomic E-state index is 0.111. The van der Waals surface area contributed by atoms with Gasteiger partial charge < -0.3 is 10.2 Å². The minimum Gasteiger partial charge on any atom is -0.478 e. The van der Waals surface area contributed by atoms with Crippen molar-refractivity contribution in [3.8, 4) is 11.8 Å². The van der Waals surface area contributed by atoms with Crippen molar-refractivity contribution in [2.24, 2.45) is 0 Å². The average Bonchev–Trinajstić information content (AvgIpc) is 2.36. The van der Waals surface area contributed by atoms with E-state index in [1.54, 1.807) is 6.92 Å². The highest BCUT2D eigenvalue weighted by molar-refractivity contribution is 6.06. The van der Waals surface area contributed by atoms with E-state index >= 15 is 0 Å². The maximum absolute atomic E-state index is 11.7. The number of carbonyl (C=O) groups is 2. The van der Waals surface area contributed by atoms with Crippen molar-refractivity contribution in [3.63, 3.8) is 0 Å². The van der Waals surface area contributed by atoms with Crippen molar-refractivity contribution >= 4 is 17.6 Å². The second-order valence-electron chi connectivity index (χ2n) is 3.41. The van der Waals surface area contributed by atoms with Crippen LogP contribution in [0.25, 0.3) is 0 Å². The Morgan fingerprint density at radius 3 is 2.33 bits per heavy atom. The molecule has 0 bridgehead atoms. The molecule has 1 amide bonds. The van der Waals surface area contributed by atoms with E-state index in [0.717, 1.165) is 0 Å². The quantitative estimate of drug-likeness (QED) is 0.769. The smallest absolute Gasteiger partial charge is 0.335 e. The second-order valence-corrected chi connectivity index (χ2v) is 3.41. The summed E-state index contributed by atoms with van der Waals surface area (Å²) in [5.74, 6) is 3.40. The molecule has 0 heterocycles. The van der Waals surface area contributed by atoms with Gasteiger partial charge in [-0.25, -0.2) is 4.79 Å². The van der Waals surface area contributed by atoms with E-state index in [0.29, 0.717) is 5.69 Å². The highest BCUT2D eigenvalue weighted by Gasteiger charge is 2.13. The van der Waals surface area contributed by atoms with Gasteiger partial charge >= 0.3 is 11.9 Å². The first-order chi connectivity index (χ1) is 8.60. The number of aromatic carboxylic acids is 1. The molecule has 1 aromatic carbocycles. The molecule has 0 saturated carbocycles. The SMILES string of the molecule is CC#CC(=O)N(CCO)c1ccc(C(=O)O)cc1. The lowest BCUT2D eigenvalue weighted by molar-refractivity contribution is -0.113. The molecule has 1 aromatic rings. The van der Waals surface area contributed by atoms with Crippen LogP contribution in [0.2, 0.25) is 0 Å². The van der Waals surface area contributed by atoms with E-state index < -0.39 is 11.9 Å². The van der Waals surface area contributed by atoms with Crippen LogP contribution >= 0.6 is 0 Å². The van der Waals surface area contributed by atoms with Gasteiger partial charge in [0.2, 0.25) is 0 Å². The Kier molecular flexibility index (Phi) is 4.90. The lowest BCUT2D eigenvalue weighted by Crippen LogP contribution is -2.32. The van der Waals surface area contributed by atoms with Crippen LogP contribution in [-0.2, 0) is 4.79 Å². The van der Waals surface area contributed by atoms with Gasteiger partial charge in [0.25, 0.3) is 0 Å². The fraction of sp³-hybridized carbons (Fsp3) is 0.231. The van der Waals surface area contributed by atoms with Crippen molar-refractivity contribution in [1.82, 2.24) is 0 Å². The Morgan fingerprint density at radius 2 is 1.89 bits per heavy atom. The van der Waals surface area contributed by atoms with E-state index in [9.17, 15) is 9.59 Å². The molecule has 0 fully saturated rings. The lowest BCUT2D eigenvalue weighted by Gasteiger charge is -2.19. The molecule has 5 heteroatoms. The van der Waals surface area contributed by atoms with Gasteiger partial charge in [-0.3, -0.25) is 9.69 Å². The van der Waals surface area contributed by atoms with Gasteiger partial charge in [0.05, 0.1) is 12.2 Å². The van der Waals surface area contributed by atoms with E-state index in [1.165, 1.54) is 29.2 Å². The summed E-state index contributed by atoms with van der Waals surface area (Å²) in [6.45, 7) is 1.46. The summed E-state index contributed by atoms with van der Waals surface area (Å²) in [6, 6.07) is 5.81. The number of carboxylic acid groups (broad SMARTS) is 1. The number of amides is 1. The molecule has 0 aliphatic heterocycles. The van der Waals surface area contributed by atoms with E-state index in [-0.39, 0.29) is 18.7 Å². The topological polar surface area (TPSA) is 77.8 Å². The number of nitrogens with zero attached hydrogens (tertiary/aromatic N) is 1. The Labute approximate surface area is 105 Å². The van der Waals surface area contributed by atoms with Gasteiger partial charge in [-0.15, -0.1) is 0 Å². The molecule has 2 N–H and O–H groups in total. The highest BCUT2D eigenvalue weighted by atomic mass is 16.4. The largest absolute Gasteiger partial charge is 0.478 e. The van der Waals surface area contributed by atoms with Crippen LogP contribution in [-0.4, -0.2) is 35.2 Å². The summed E-state index contributed by atoms with van der Waals surface area (Å²) in [5.41, 5.74) is 0.638. The average molecular weight is 247 g/mol. The Hall–Kier alpha value is -2.32. The number of rotatable bonds is 4. The van der Waals surface area contributed by atoms with Crippen LogP contribution in [0.4, 0.5) is 5.69 Å². The molecule has 0 atom stereocenters. The number of benzene rings is 1. The summed E-state index contributed by atoms with van der Waals surface area (Å²) < 4.78 is 0. The number of hydrogen-bond acceptors (Lipinski definition) is 3. The summed E-state index contributed by atoms with van der Waals surface area (Å²) in [7, 11) is 0. The Bertz CT molecular complexity index is 496. The number of carboxylic acids is 1. The van der Waals surface area contributed by atoms with E-state index in [1.807, 2.05) is 0 Å². The molecule has 0 spiro atoms. The van der Waals surface area contributed by atoms with Crippen molar-refractivity contribution in [3.05, 3.63) is 29.8 Å². The van der Waals surface area contributed by atoms with Crippen molar-refractivity contribution in [1.29, 1.82) is 0 Å². The Morgan fingerprint density at radius 1 is 1.28 bits per heavy atom. The van der Waals surface area contributed by atoms with Gasteiger partial charge in [0.15, 0.2) is 0 Å². The third-order valence-corrected chi connectivity index (χ3v) is 2.23. The highest BCUT2D eigenvalue weighted by Crippen LogP contribution is 2.15. The summed E-state index contributed by atoms with van der Waals surface area (Å²) in [5, 5.41) is 17.7. The first-order valence-corrected chi connectivity index (χ1v) is 5.28. The number of carbonyl (C=O) groups excluding carboxylic acids is 1. The molecule has 0 radical (unpaired) electrons. The first-order valence-electron chi connectivity index (χ1n) is 5.28. The lowest BCUT2D eigenvalue weighted by atomic mass is 10.2. The number of anilines is 1. The predicted molar refractivity (Wildman–Crippen MR) is 66.3 cm³/mol. The molecular formula is C13H13NO4. The molecule has 94 valence electrons. The predicted octanol–water partition coefficient (Wildman–Crippen LogP) is 0.733. The summed E-state index contributed by atoms with van der Waals surface area (Å²) >= 11 is 0. The fourth-order valence-electron chi connectivity index (χ4n) is 1.41. The van der Waals surface area contributed by atoms with Crippen LogP contribution in [0.5, 0.6) is 0 Å². The molecule has 0 unspecified atom stereocenters. The van der Waals surface area contributed by atoms with Crippen LogP contribution in [0.3, 0.4) is 0 Å². The van der Waals surface area contributed by atoms with Gasteiger partial charge in [-0.05, 0) is 37.1 Å². The minimum atomic E-state index is -1.03. The van der Waals surface area contributed by atoms with Crippen molar-refractivity contribution < 1.29 is 19.8 Å². The molecule has 0 saturated heterocycles. The monoisotopic (exact) mass is 247 g/mol. The maximum Gasteiger partial charge on any atom is 0.335 e. The van der Waals surface area contributed by atoms with Gasteiger partial charge in [0, 0.05) is 12.2 Å². The molecule has 5 nitrogen and oxygen atoms in total. The number of hydrogen-bond donors (Lipinski definition) is 2. The fourth-order valence-corrected chi connectivity index (χ4v) is 1.41. The second kappa shape index (κ2) is 6.42. The molecule has 0 aliphatic rings. The number of aliphatic hydroxyl groups is 1. The zero-order valence-electron chi connectivity index (χ0n) is 9.88. The standard InChI is InChI=1S/C13H13NO4/c1-2-3-12(16)14(8-9-15)11-6-4-10(5-7-11)13(17)18/h4-7,15H,8-9H2,1H3,(H,17,18). The normalized spacial score (nSPS) is 9.22. The third kappa shape index (κ3) is 3.34. The summed E-state index contributed by atoms with van der Waals surface area (Å²) in [6.07, 6.45) is 0. The molecule has 18 heavy (non-hydrogen) atoms. The molecule has 0 aromatic heterocycles.